The highest BCUT2D eigenvalue weighted by atomic mass is 32.1. The summed E-state index contributed by atoms with van der Waals surface area (Å²) in [4.78, 5) is 36.8. The number of carbonyl (C=O) groups is 1. The van der Waals surface area contributed by atoms with Gasteiger partial charge in [0.15, 0.2) is 10.8 Å². The molecule has 0 spiro atoms. The Labute approximate surface area is 171 Å². The highest BCUT2D eigenvalue weighted by Crippen LogP contribution is 2.31. The maximum Gasteiger partial charge on any atom is 0.265 e. The average molecular weight is 404 g/mol. The number of likely N-dealkylation sites (tertiary alicyclic amines) is 1. The second-order valence-corrected chi connectivity index (χ2v) is 8.21. The summed E-state index contributed by atoms with van der Waals surface area (Å²) in [6, 6.07) is 9.85. The van der Waals surface area contributed by atoms with Gasteiger partial charge >= 0.3 is 0 Å². The van der Waals surface area contributed by atoms with E-state index in [2.05, 4.69) is 19.9 Å². The molecule has 7 nitrogen and oxygen atoms in total. The van der Waals surface area contributed by atoms with Crippen LogP contribution < -0.4 is 0 Å². The van der Waals surface area contributed by atoms with Gasteiger partial charge in [-0.05, 0) is 38.0 Å². The van der Waals surface area contributed by atoms with Crippen molar-refractivity contribution in [1.29, 1.82) is 0 Å². The fourth-order valence-corrected chi connectivity index (χ4v) is 4.75. The molecule has 0 saturated carbocycles. The van der Waals surface area contributed by atoms with Crippen molar-refractivity contribution in [3.05, 3.63) is 59.1 Å². The number of benzene rings is 1. The number of hydrogen-bond acceptors (Lipinski definition) is 6. The molecule has 29 heavy (non-hydrogen) atoms. The Morgan fingerprint density at radius 2 is 1.86 bits per heavy atom. The zero-order valence-corrected chi connectivity index (χ0v) is 16.8. The fourth-order valence-electron chi connectivity index (χ4n) is 3.77. The first-order valence-electron chi connectivity index (χ1n) is 9.68. The van der Waals surface area contributed by atoms with Crippen LogP contribution in [0.5, 0.6) is 0 Å². The largest absolute Gasteiger partial charge is 0.342 e. The Morgan fingerprint density at radius 1 is 1.10 bits per heavy atom. The lowest BCUT2D eigenvalue weighted by atomic mass is 9.96. The number of aromatic nitrogens is 5. The molecule has 0 atom stereocenters. The number of amides is 1. The van der Waals surface area contributed by atoms with E-state index in [1.165, 1.54) is 11.3 Å². The Hall–Kier alpha value is -3.13. The Kier molecular flexibility index (Phi) is 4.55. The smallest absolute Gasteiger partial charge is 0.265 e. The SMILES string of the molecule is Cc1nc(-c2ncccn2)sc1C(=O)N1CCC(c2nc3ccccc3[nH]2)CC1. The summed E-state index contributed by atoms with van der Waals surface area (Å²) < 4.78 is 0. The molecule has 1 saturated heterocycles. The van der Waals surface area contributed by atoms with Gasteiger partial charge in [-0.15, -0.1) is 11.3 Å². The number of piperidine rings is 1. The van der Waals surface area contributed by atoms with Gasteiger partial charge in [0.25, 0.3) is 5.91 Å². The van der Waals surface area contributed by atoms with E-state index in [4.69, 9.17) is 4.98 Å². The first-order valence-corrected chi connectivity index (χ1v) is 10.5. The van der Waals surface area contributed by atoms with Crippen molar-refractivity contribution >= 4 is 28.3 Å². The van der Waals surface area contributed by atoms with Crippen LogP contribution in [0.1, 0.15) is 39.9 Å². The number of carbonyl (C=O) groups excluding carboxylic acids is 1. The van der Waals surface area contributed by atoms with Gasteiger partial charge in [0.05, 0.1) is 16.7 Å². The van der Waals surface area contributed by atoms with Crippen molar-refractivity contribution < 1.29 is 4.79 Å². The zero-order chi connectivity index (χ0) is 19.8. The van der Waals surface area contributed by atoms with Crippen LogP contribution in [0.3, 0.4) is 0 Å². The second kappa shape index (κ2) is 7.36. The van der Waals surface area contributed by atoms with Crippen molar-refractivity contribution in [1.82, 2.24) is 29.8 Å². The number of imidazole rings is 1. The third-order valence-electron chi connectivity index (χ3n) is 5.32. The topological polar surface area (TPSA) is 87.7 Å². The molecular weight excluding hydrogens is 384 g/mol. The van der Waals surface area contributed by atoms with Gasteiger partial charge in [-0.25, -0.2) is 19.9 Å². The van der Waals surface area contributed by atoms with Gasteiger partial charge in [0.2, 0.25) is 0 Å². The fraction of sp³-hybridized carbons (Fsp3) is 0.286. The normalized spacial score (nSPS) is 15.1. The molecular formula is C21H20N6OS. The Bertz CT molecular complexity index is 1130. The lowest BCUT2D eigenvalue weighted by Crippen LogP contribution is -2.38. The minimum absolute atomic E-state index is 0.0465. The first kappa shape index (κ1) is 17.9. The lowest BCUT2D eigenvalue weighted by molar-refractivity contribution is 0.0715. The standard InChI is InChI=1S/C21H20N6OS/c1-13-17(29-20(24-13)19-22-9-4-10-23-19)21(28)27-11-7-14(8-12-27)18-25-15-5-2-3-6-16(15)26-18/h2-6,9-10,14H,7-8,11-12H2,1H3,(H,25,26). The van der Waals surface area contributed by atoms with E-state index in [-0.39, 0.29) is 5.91 Å². The molecule has 5 rings (SSSR count). The number of H-pyrrole nitrogens is 1. The van der Waals surface area contributed by atoms with Crippen molar-refractivity contribution in [2.75, 3.05) is 13.1 Å². The number of hydrogen-bond donors (Lipinski definition) is 1. The van der Waals surface area contributed by atoms with Crippen LogP contribution in [0.15, 0.2) is 42.7 Å². The molecule has 0 unspecified atom stereocenters. The van der Waals surface area contributed by atoms with Gasteiger partial charge in [0.1, 0.15) is 10.7 Å². The van der Waals surface area contributed by atoms with E-state index in [9.17, 15) is 4.79 Å². The van der Waals surface area contributed by atoms with E-state index in [0.29, 0.717) is 21.6 Å². The third-order valence-corrected chi connectivity index (χ3v) is 6.47. The van der Waals surface area contributed by atoms with E-state index in [1.807, 2.05) is 36.1 Å². The molecule has 1 N–H and O–H groups in total. The van der Waals surface area contributed by atoms with Crippen LogP contribution in [-0.2, 0) is 0 Å². The van der Waals surface area contributed by atoms with E-state index in [0.717, 1.165) is 48.5 Å². The average Bonchev–Trinajstić information content (AvgIpc) is 3.38. The highest BCUT2D eigenvalue weighted by molar-refractivity contribution is 7.17. The molecule has 0 aliphatic carbocycles. The molecule has 146 valence electrons. The van der Waals surface area contributed by atoms with Gasteiger partial charge in [0, 0.05) is 31.4 Å². The summed E-state index contributed by atoms with van der Waals surface area (Å²) in [5.41, 5.74) is 2.80. The number of thiazole rings is 1. The minimum Gasteiger partial charge on any atom is -0.342 e. The Balaban J connectivity index is 1.29. The maximum atomic E-state index is 13.1. The van der Waals surface area contributed by atoms with Crippen LogP contribution in [0.4, 0.5) is 0 Å². The molecule has 1 aromatic carbocycles. The van der Waals surface area contributed by atoms with Crippen molar-refractivity contribution in [2.24, 2.45) is 0 Å². The summed E-state index contributed by atoms with van der Waals surface area (Å²) in [6.07, 6.45) is 5.17. The van der Waals surface area contributed by atoms with Crippen LogP contribution in [0.2, 0.25) is 0 Å². The molecule has 4 aromatic rings. The highest BCUT2D eigenvalue weighted by Gasteiger charge is 2.28. The van der Waals surface area contributed by atoms with E-state index in [1.54, 1.807) is 18.5 Å². The first-order chi connectivity index (χ1) is 14.2. The second-order valence-electron chi connectivity index (χ2n) is 7.21. The van der Waals surface area contributed by atoms with Crippen molar-refractivity contribution in [3.8, 4) is 10.8 Å². The minimum atomic E-state index is 0.0465. The number of fused-ring (bicyclic) bond motifs is 1. The number of aromatic amines is 1. The lowest BCUT2D eigenvalue weighted by Gasteiger charge is -2.30. The molecule has 1 aliphatic rings. The molecule has 1 amide bonds. The predicted octanol–water partition coefficient (Wildman–Crippen LogP) is 3.80. The third kappa shape index (κ3) is 3.40. The number of nitrogens with zero attached hydrogens (tertiary/aromatic N) is 5. The summed E-state index contributed by atoms with van der Waals surface area (Å²) in [5.74, 6) is 1.98. The number of para-hydroxylation sites is 2. The quantitative estimate of drug-likeness (QED) is 0.561. The summed E-state index contributed by atoms with van der Waals surface area (Å²) in [7, 11) is 0. The predicted molar refractivity (Wildman–Crippen MR) is 112 cm³/mol. The van der Waals surface area contributed by atoms with Crippen LogP contribution in [0.25, 0.3) is 21.9 Å². The van der Waals surface area contributed by atoms with E-state index < -0.39 is 0 Å². The van der Waals surface area contributed by atoms with Gasteiger partial charge in [-0.1, -0.05) is 12.1 Å². The van der Waals surface area contributed by atoms with Gasteiger partial charge in [-0.2, -0.15) is 0 Å². The Morgan fingerprint density at radius 3 is 2.62 bits per heavy atom. The van der Waals surface area contributed by atoms with Crippen LogP contribution >= 0.6 is 11.3 Å². The van der Waals surface area contributed by atoms with E-state index >= 15 is 0 Å². The molecule has 1 aliphatic heterocycles. The summed E-state index contributed by atoms with van der Waals surface area (Å²) in [6.45, 7) is 3.31. The summed E-state index contributed by atoms with van der Waals surface area (Å²) >= 11 is 1.37. The van der Waals surface area contributed by atoms with Crippen molar-refractivity contribution in [2.45, 2.75) is 25.7 Å². The number of rotatable bonds is 3. The van der Waals surface area contributed by atoms with Crippen molar-refractivity contribution in [3.63, 3.8) is 0 Å². The van der Waals surface area contributed by atoms with Gasteiger partial charge in [-0.3, -0.25) is 4.79 Å². The zero-order valence-electron chi connectivity index (χ0n) is 16.0. The molecule has 3 aromatic heterocycles. The maximum absolute atomic E-state index is 13.1. The molecule has 4 heterocycles. The summed E-state index contributed by atoms with van der Waals surface area (Å²) in [5, 5.41) is 0.684. The number of nitrogens with one attached hydrogen (secondary N) is 1. The van der Waals surface area contributed by atoms with Crippen LogP contribution in [0, 0.1) is 6.92 Å². The number of aryl methyl sites for hydroxylation is 1. The molecule has 8 heteroatoms. The molecule has 0 radical (unpaired) electrons. The molecule has 1 fully saturated rings. The van der Waals surface area contributed by atoms with Crippen LogP contribution in [-0.4, -0.2) is 48.8 Å². The molecule has 0 bridgehead atoms. The van der Waals surface area contributed by atoms with Gasteiger partial charge < -0.3 is 9.88 Å². The monoisotopic (exact) mass is 404 g/mol.